The zero-order valence-corrected chi connectivity index (χ0v) is 9.70. The molecule has 1 rings (SSSR count). The Morgan fingerprint density at radius 2 is 2.07 bits per heavy atom. The molecule has 3 heteroatoms. The van der Waals surface area contributed by atoms with Crippen molar-refractivity contribution in [2.45, 2.75) is 46.6 Å². The van der Waals surface area contributed by atoms with Gasteiger partial charge in [0.15, 0.2) is 0 Å². The predicted octanol–water partition coefficient (Wildman–Crippen LogP) is 2.87. The van der Waals surface area contributed by atoms with Gasteiger partial charge in [-0.15, -0.1) is 0 Å². The Labute approximate surface area is 86.4 Å². The van der Waals surface area contributed by atoms with Crippen molar-refractivity contribution in [1.29, 1.82) is 5.26 Å². The molecule has 0 aliphatic carbocycles. The van der Waals surface area contributed by atoms with E-state index >= 15 is 0 Å². The number of nitriles is 1. The molecule has 0 saturated carbocycles. The van der Waals surface area contributed by atoms with Crippen molar-refractivity contribution in [3.63, 3.8) is 0 Å². The van der Waals surface area contributed by atoms with Gasteiger partial charge in [-0.1, -0.05) is 13.8 Å². The normalized spacial score (nSPS) is 10.0. The van der Waals surface area contributed by atoms with Gasteiger partial charge < -0.3 is 0 Å². The van der Waals surface area contributed by atoms with E-state index in [0.717, 1.165) is 5.56 Å². The molecule has 0 aliphatic rings. The van der Waals surface area contributed by atoms with Crippen LogP contribution >= 0.6 is 0 Å². The van der Waals surface area contributed by atoms with Crippen LogP contribution in [0.2, 0.25) is 0 Å². The molecule has 0 amide bonds. The molecule has 1 aromatic rings. The highest BCUT2D eigenvalue weighted by Crippen LogP contribution is 2.17. The number of aromatic nitrogens is 2. The summed E-state index contributed by atoms with van der Waals surface area (Å²) in [6.07, 6.45) is 4.24. The van der Waals surface area contributed by atoms with Crippen molar-refractivity contribution in [1.82, 2.24) is 9.78 Å². The highest BCUT2D eigenvalue weighted by molar-refractivity contribution is 5.02. The lowest BCUT2D eigenvalue weighted by atomic mass is 10.0. The van der Waals surface area contributed by atoms with Crippen molar-refractivity contribution >= 4 is 0 Å². The monoisotopic (exact) mass is 193 g/mol. The van der Waals surface area contributed by atoms with Crippen molar-refractivity contribution in [3.8, 4) is 6.07 Å². The summed E-state index contributed by atoms with van der Waals surface area (Å²) in [6.45, 7) is 10.00. The molecule has 0 radical (unpaired) electrons. The molecule has 0 spiro atoms. The van der Waals surface area contributed by atoms with Gasteiger partial charge in [0.2, 0.25) is 0 Å². The van der Waals surface area contributed by atoms with Gasteiger partial charge in [0.25, 0.3) is 0 Å². The summed E-state index contributed by atoms with van der Waals surface area (Å²) in [5.41, 5.74) is 0.934. The first-order valence-electron chi connectivity index (χ1n) is 4.95. The van der Waals surface area contributed by atoms with Gasteiger partial charge in [-0.05, 0) is 26.3 Å². The predicted molar refractivity (Wildman–Crippen MR) is 57.9 cm³/mol. The SMILES string of the molecule is CC.Cc1cnn(C(C)(C)CC#N)c1. The third kappa shape index (κ3) is 3.21. The second-order valence-electron chi connectivity index (χ2n) is 3.61. The number of rotatable bonds is 2. The Morgan fingerprint density at radius 1 is 1.50 bits per heavy atom. The van der Waals surface area contributed by atoms with Gasteiger partial charge in [-0.25, -0.2) is 0 Å². The van der Waals surface area contributed by atoms with Crippen LogP contribution in [0.3, 0.4) is 0 Å². The zero-order chi connectivity index (χ0) is 11.2. The van der Waals surface area contributed by atoms with Gasteiger partial charge in [0, 0.05) is 6.20 Å². The van der Waals surface area contributed by atoms with Crippen molar-refractivity contribution in [2.75, 3.05) is 0 Å². The van der Waals surface area contributed by atoms with E-state index in [1.807, 2.05) is 45.5 Å². The maximum Gasteiger partial charge on any atom is 0.0701 e. The van der Waals surface area contributed by atoms with E-state index in [-0.39, 0.29) is 5.54 Å². The van der Waals surface area contributed by atoms with E-state index in [4.69, 9.17) is 5.26 Å². The van der Waals surface area contributed by atoms with E-state index in [1.165, 1.54) is 0 Å². The number of hydrogen-bond donors (Lipinski definition) is 0. The van der Waals surface area contributed by atoms with Gasteiger partial charge in [-0.2, -0.15) is 10.4 Å². The van der Waals surface area contributed by atoms with Gasteiger partial charge >= 0.3 is 0 Å². The molecule has 0 aromatic carbocycles. The largest absolute Gasteiger partial charge is 0.266 e. The van der Waals surface area contributed by atoms with Gasteiger partial charge in [0.05, 0.1) is 24.2 Å². The van der Waals surface area contributed by atoms with Crippen LogP contribution in [0, 0.1) is 18.3 Å². The minimum absolute atomic E-state index is 0.191. The standard InChI is InChI=1S/C9H13N3.C2H6/c1-8-6-11-12(7-8)9(2,3)4-5-10;1-2/h6-7H,4H2,1-3H3;1-2H3. The Hall–Kier alpha value is -1.30. The fourth-order valence-electron chi connectivity index (χ4n) is 1.02. The lowest BCUT2D eigenvalue weighted by Gasteiger charge is -2.21. The van der Waals surface area contributed by atoms with Crippen LogP contribution in [-0.2, 0) is 5.54 Å². The number of aryl methyl sites for hydroxylation is 1. The summed E-state index contributed by atoms with van der Waals surface area (Å²) in [5.74, 6) is 0. The highest BCUT2D eigenvalue weighted by atomic mass is 15.3. The van der Waals surface area contributed by atoms with E-state index < -0.39 is 0 Å². The van der Waals surface area contributed by atoms with Crippen molar-refractivity contribution < 1.29 is 0 Å². The summed E-state index contributed by atoms with van der Waals surface area (Å²) >= 11 is 0. The molecule has 0 atom stereocenters. The average Bonchev–Trinajstić information content (AvgIpc) is 2.56. The minimum atomic E-state index is -0.191. The smallest absolute Gasteiger partial charge is 0.0701 e. The van der Waals surface area contributed by atoms with Crippen LogP contribution in [-0.4, -0.2) is 9.78 Å². The molecule has 0 N–H and O–H groups in total. The summed E-state index contributed by atoms with van der Waals surface area (Å²) in [4.78, 5) is 0. The molecule has 78 valence electrons. The van der Waals surface area contributed by atoms with E-state index in [1.54, 1.807) is 6.20 Å². The van der Waals surface area contributed by atoms with E-state index in [9.17, 15) is 0 Å². The maximum atomic E-state index is 8.58. The Morgan fingerprint density at radius 3 is 2.43 bits per heavy atom. The quantitative estimate of drug-likeness (QED) is 0.724. The fraction of sp³-hybridized carbons (Fsp3) is 0.636. The molecular formula is C11H19N3. The maximum absolute atomic E-state index is 8.58. The zero-order valence-electron chi connectivity index (χ0n) is 9.70. The van der Waals surface area contributed by atoms with Crippen molar-refractivity contribution in [3.05, 3.63) is 18.0 Å². The third-order valence-corrected chi connectivity index (χ3v) is 1.84. The first kappa shape index (κ1) is 12.7. The molecule has 1 heterocycles. The van der Waals surface area contributed by atoms with Gasteiger partial charge in [0.1, 0.15) is 0 Å². The van der Waals surface area contributed by atoms with E-state index in [0.29, 0.717) is 6.42 Å². The first-order valence-corrected chi connectivity index (χ1v) is 4.95. The minimum Gasteiger partial charge on any atom is -0.266 e. The molecule has 0 saturated heterocycles. The van der Waals surface area contributed by atoms with Crippen LogP contribution < -0.4 is 0 Å². The summed E-state index contributed by atoms with van der Waals surface area (Å²) in [6, 6.07) is 2.15. The van der Waals surface area contributed by atoms with Crippen LogP contribution in [0.5, 0.6) is 0 Å². The summed E-state index contributed by atoms with van der Waals surface area (Å²) < 4.78 is 1.84. The lowest BCUT2D eigenvalue weighted by molar-refractivity contribution is 0.326. The third-order valence-electron chi connectivity index (χ3n) is 1.84. The average molecular weight is 193 g/mol. The van der Waals surface area contributed by atoms with Crippen LogP contribution in [0.25, 0.3) is 0 Å². The number of hydrogen-bond acceptors (Lipinski definition) is 2. The molecule has 0 aliphatic heterocycles. The Kier molecular flexibility index (Phi) is 4.93. The van der Waals surface area contributed by atoms with Gasteiger partial charge in [-0.3, -0.25) is 4.68 Å². The number of nitrogens with zero attached hydrogens (tertiary/aromatic N) is 3. The Balaban J connectivity index is 0.000000791. The van der Waals surface area contributed by atoms with Crippen LogP contribution in [0.1, 0.15) is 39.7 Å². The Bertz CT molecular complexity index is 305. The second kappa shape index (κ2) is 5.43. The topological polar surface area (TPSA) is 41.6 Å². The van der Waals surface area contributed by atoms with E-state index in [2.05, 4.69) is 11.2 Å². The first-order chi connectivity index (χ1) is 6.56. The molecule has 14 heavy (non-hydrogen) atoms. The van der Waals surface area contributed by atoms with Crippen LogP contribution in [0.15, 0.2) is 12.4 Å². The molecule has 0 bridgehead atoms. The summed E-state index contributed by atoms with van der Waals surface area (Å²) in [7, 11) is 0. The second-order valence-corrected chi connectivity index (χ2v) is 3.61. The van der Waals surface area contributed by atoms with Crippen molar-refractivity contribution in [2.24, 2.45) is 0 Å². The molecule has 3 nitrogen and oxygen atoms in total. The molecule has 0 unspecified atom stereocenters. The fourth-order valence-corrected chi connectivity index (χ4v) is 1.02. The van der Waals surface area contributed by atoms with Crippen LogP contribution in [0.4, 0.5) is 0 Å². The molecule has 1 aromatic heterocycles. The highest BCUT2D eigenvalue weighted by Gasteiger charge is 2.19. The molecular weight excluding hydrogens is 174 g/mol. The lowest BCUT2D eigenvalue weighted by Crippen LogP contribution is -2.25. The summed E-state index contributed by atoms with van der Waals surface area (Å²) in [5, 5.41) is 12.8. The molecule has 0 fully saturated rings.